The Morgan fingerprint density at radius 2 is 1.85 bits per heavy atom. The minimum Gasteiger partial charge on any atom is -0.337 e. The minimum absolute atomic E-state index is 0. The summed E-state index contributed by atoms with van der Waals surface area (Å²) >= 11 is 0. The molecule has 13 heavy (non-hydrogen) atoms. The molecule has 1 heteroatoms. The molecule has 0 amide bonds. The molecule has 0 unspecified atom stereocenters. The Balaban J connectivity index is 0. The molecular formula is C12H23W-. The Hall–Kier alpha value is 0.428. The van der Waals surface area contributed by atoms with Crippen molar-refractivity contribution < 1.29 is 21.1 Å². The van der Waals surface area contributed by atoms with Crippen molar-refractivity contribution in [1.29, 1.82) is 0 Å². The molecule has 0 aromatic heterocycles. The molecule has 0 saturated heterocycles. The second-order valence-electron chi connectivity index (χ2n) is 5.02. The van der Waals surface area contributed by atoms with E-state index in [0.29, 0.717) is 0 Å². The Labute approximate surface area is 98.5 Å². The van der Waals surface area contributed by atoms with Crippen LogP contribution in [0.15, 0.2) is 11.6 Å². The molecule has 0 heterocycles. The third-order valence-electron chi connectivity index (χ3n) is 1.73. The summed E-state index contributed by atoms with van der Waals surface area (Å²) in [5.74, 6) is 0.772. The van der Waals surface area contributed by atoms with Crippen LogP contribution in [-0.4, -0.2) is 0 Å². The molecule has 78 valence electrons. The number of rotatable bonds is 4. The van der Waals surface area contributed by atoms with E-state index >= 15 is 0 Å². The molecular weight excluding hydrogens is 328 g/mol. The van der Waals surface area contributed by atoms with Gasteiger partial charge in [-0.2, -0.15) is 5.41 Å². The zero-order chi connectivity index (χ0) is 9.78. The van der Waals surface area contributed by atoms with E-state index in [1.54, 1.807) is 0 Å². The predicted molar refractivity (Wildman–Crippen MR) is 57.0 cm³/mol. The standard InChI is InChI=1S/C12H23.W/c1-10(2)9-11(3)7-8-12(4,5)6;/h7,10H,4,8-9H2,1-3,5-6H3;/q-1;/b11-7+;. The largest absolute Gasteiger partial charge is 0.337 e. The van der Waals surface area contributed by atoms with Crippen molar-refractivity contribution in [3.63, 3.8) is 0 Å². The van der Waals surface area contributed by atoms with Gasteiger partial charge in [-0.25, -0.2) is 0 Å². The molecule has 0 saturated carbocycles. The van der Waals surface area contributed by atoms with E-state index in [2.05, 4.69) is 47.6 Å². The molecule has 0 aliphatic rings. The topological polar surface area (TPSA) is 0 Å². The van der Waals surface area contributed by atoms with Crippen molar-refractivity contribution >= 4 is 0 Å². The summed E-state index contributed by atoms with van der Waals surface area (Å²) in [5.41, 5.74) is 1.69. The summed E-state index contributed by atoms with van der Waals surface area (Å²) in [7, 11) is 0. The van der Waals surface area contributed by atoms with Crippen molar-refractivity contribution in [2.75, 3.05) is 0 Å². The van der Waals surface area contributed by atoms with Gasteiger partial charge in [0.1, 0.15) is 0 Å². The Morgan fingerprint density at radius 1 is 1.38 bits per heavy atom. The molecule has 0 atom stereocenters. The Bertz CT molecular complexity index is 149. The second-order valence-corrected chi connectivity index (χ2v) is 5.02. The van der Waals surface area contributed by atoms with Crippen molar-refractivity contribution in [3.05, 3.63) is 18.6 Å². The maximum atomic E-state index is 4.08. The van der Waals surface area contributed by atoms with Gasteiger partial charge < -0.3 is 6.92 Å². The van der Waals surface area contributed by atoms with Crippen molar-refractivity contribution in [2.45, 2.75) is 47.5 Å². The van der Waals surface area contributed by atoms with Crippen LogP contribution in [0.3, 0.4) is 0 Å². The van der Waals surface area contributed by atoms with Crippen LogP contribution in [0.2, 0.25) is 0 Å². The molecule has 0 aromatic carbocycles. The van der Waals surface area contributed by atoms with E-state index in [9.17, 15) is 0 Å². The number of allylic oxidation sites excluding steroid dienone is 2. The molecule has 0 spiro atoms. The molecule has 0 fully saturated rings. The molecule has 0 bridgehead atoms. The summed E-state index contributed by atoms with van der Waals surface area (Å²) in [6.45, 7) is 15.1. The number of hydrogen-bond acceptors (Lipinski definition) is 0. The van der Waals surface area contributed by atoms with Crippen LogP contribution >= 0.6 is 0 Å². The molecule has 0 aromatic rings. The fourth-order valence-corrected chi connectivity index (χ4v) is 1.18. The van der Waals surface area contributed by atoms with Crippen LogP contribution in [0.5, 0.6) is 0 Å². The van der Waals surface area contributed by atoms with Gasteiger partial charge in [-0.05, 0) is 19.3 Å². The Morgan fingerprint density at radius 3 is 2.15 bits per heavy atom. The first kappa shape index (κ1) is 15.9. The minimum atomic E-state index is 0. The molecule has 0 aliphatic carbocycles. The molecule has 0 radical (unpaired) electrons. The monoisotopic (exact) mass is 351 g/mol. The van der Waals surface area contributed by atoms with Crippen molar-refractivity contribution in [3.8, 4) is 0 Å². The third kappa shape index (κ3) is 12.4. The van der Waals surface area contributed by atoms with E-state index in [4.69, 9.17) is 0 Å². The van der Waals surface area contributed by atoms with E-state index in [0.717, 1.165) is 12.3 Å². The van der Waals surface area contributed by atoms with Crippen LogP contribution in [0.25, 0.3) is 0 Å². The van der Waals surface area contributed by atoms with E-state index in [1.165, 1.54) is 12.0 Å². The Kier molecular flexibility index (Phi) is 8.33. The first-order valence-corrected chi connectivity index (χ1v) is 4.82. The average Bonchev–Trinajstić information content (AvgIpc) is 1.80. The van der Waals surface area contributed by atoms with Gasteiger partial charge in [-0.1, -0.05) is 45.8 Å². The van der Waals surface area contributed by atoms with Gasteiger partial charge in [0, 0.05) is 21.1 Å². The van der Waals surface area contributed by atoms with Crippen LogP contribution < -0.4 is 0 Å². The van der Waals surface area contributed by atoms with Crippen LogP contribution in [-0.2, 0) is 21.1 Å². The fraction of sp³-hybridized carbons (Fsp3) is 0.750. The smallest absolute Gasteiger partial charge is 0 e. The van der Waals surface area contributed by atoms with Crippen molar-refractivity contribution in [2.24, 2.45) is 11.3 Å². The summed E-state index contributed by atoms with van der Waals surface area (Å²) in [4.78, 5) is 0. The summed E-state index contributed by atoms with van der Waals surface area (Å²) < 4.78 is 0. The van der Waals surface area contributed by atoms with Gasteiger partial charge in [0.25, 0.3) is 0 Å². The van der Waals surface area contributed by atoms with E-state index in [-0.39, 0.29) is 26.5 Å². The van der Waals surface area contributed by atoms with Gasteiger partial charge in [-0.3, -0.25) is 0 Å². The molecule has 0 nitrogen and oxygen atoms in total. The SMILES string of the molecule is [CH2-]C(C)(C)C/C=C(\C)CC(C)C.[W]. The normalized spacial score (nSPS) is 13.0. The zero-order valence-electron chi connectivity index (χ0n) is 9.68. The zero-order valence-corrected chi connectivity index (χ0v) is 12.6. The fourth-order valence-electron chi connectivity index (χ4n) is 1.18. The maximum Gasteiger partial charge on any atom is 0 e. The van der Waals surface area contributed by atoms with Gasteiger partial charge in [0.2, 0.25) is 0 Å². The van der Waals surface area contributed by atoms with Crippen LogP contribution in [0.4, 0.5) is 0 Å². The van der Waals surface area contributed by atoms with Crippen LogP contribution in [0.1, 0.15) is 47.5 Å². The summed E-state index contributed by atoms with van der Waals surface area (Å²) in [6.07, 6.45) is 4.63. The summed E-state index contributed by atoms with van der Waals surface area (Å²) in [5, 5.41) is 0. The maximum absolute atomic E-state index is 4.08. The average molecular weight is 351 g/mol. The second kappa shape index (κ2) is 6.82. The first-order valence-electron chi connectivity index (χ1n) is 4.82. The first-order chi connectivity index (χ1) is 5.31. The van der Waals surface area contributed by atoms with Gasteiger partial charge in [0.15, 0.2) is 0 Å². The van der Waals surface area contributed by atoms with Gasteiger partial charge >= 0.3 is 0 Å². The van der Waals surface area contributed by atoms with E-state index < -0.39 is 0 Å². The molecule has 0 rings (SSSR count). The van der Waals surface area contributed by atoms with E-state index in [1.807, 2.05) is 0 Å². The van der Waals surface area contributed by atoms with Crippen LogP contribution in [0, 0.1) is 18.3 Å². The van der Waals surface area contributed by atoms with Crippen molar-refractivity contribution in [1.82, 2.24) is 0 Å². The predicted octanol–water partition coefficient (Wildman–Crippen LogP) is 4.23. The van der Waals surface area contributed by atoms with Gasteiger partial charge in [-0.15, -0.1) is 0 Å². The van der Waals surface area contributed by atoms with Gasteiger partial charge in [0.05, 0.1) is 0 Å². The number of hydrogen-bond donors (Lipinski definition) is 0. The summed E-state index contributed by atoms with van der Waals surface area (Å²) in [6, 6.07) is 0. The molecule has 0 N–H and O–H groups in total. The molecule has 0 aliphatic heterocycles. The third-order valence-corrected chi connectivity index (χ3v) is 1.73. The quantitative estimate of drug-likeness (QED) is 0.525.